The van der Waals surface area contributed by atoms with Crippen LogP contribution in [0.15, 0.2) is 42.6 Å². The molecule has 4 heteroatoms. The molecule has 20 heavy (non-hydrogen) atoms. The number of hydrogen-bond donors (Lipinski definition) is 1. The summed E-state index contributed by atoms with van der Waals surface area (Å²) < 4.78 is 5.57. The van der Waals surface area contributed by atoms with Crippen molar-refractivity contribution in [3.05, 3.63) is 58.1 Å². The predicted molar refractivity (Wildman–Crippen MR) is 84.2 cm³/mol. The Labute approximate surface area is 124 Å². The monoisotopic (exact) mass is 288 g/mol. The molecule has 1 heterocycles. The van der Waals surface area contributed by atoms with Crippen molar-refractivity contribution in [1.29, 1.82) is 0 Å². The fourth-order valence-electron chi connectivity index (χ4n) is 1.82. The van der Waals surface area contributed by atoms with Crippen LogP contribution in [-0.2, 0) is 6.42 Å². The van der Waals surface area contributed by atoms with E-state index in [1.807, 2.05) is 37.4 Å². The molecule has 1 aromatic carbocycles. The van der Waals surface area contributed by atoms with Crippen LogP contribution in [0.25, 0.3) is 0 Å². The first-order chi connectivity index (χ1) is 9.54. The average Bonchev–Trinajstić information content (AvgIpc) is 2.82. The summed E-state index contributed by atoms with van der Waals surface area (Å²) in [6.45, 7) is 8.36. The molecule has 0 fully saturated rings. The smallest absolute Gasteiger partial charge is 0.119 e. The van der Waals surface area contributed by atoms with Gasteiger partial charge in [-0.25, -0.2) is 4.98 Å². The highest BCUT2D eigenvalue weighted by molar-refractivity contribution is 7.11. The summed E-state index contributed by atoms with van der Waals surface area (Å²) in [4.78, 5) is 5.57. The molecule has 0 aliphatic carbocycles. The summed E-state index contributed by atoms with van der Waals surface area (Å²) in [6.07, 6.45) is 2.66. The van der Waals surface area contributed by atoms with E-state index in [4.69, 9.17) is 10.5 Å². The number of hydrogen-bond acceptors (Lipinski definition) is 4. The predicted octanol–water partition coefficient (Wildman–Crippen LogP) is 3.65. The highest BCUT2D eigenvalue weighted by Crippen LogP contribution is 2.22. The van der Waals surface area contributed by atoms with Crippen LogP contribution >= 0.6 is 11.3 Å². The lowest BCUT2D eigenvalue weighted by Crippen LogP contribution is -2.13. The minimum atomic E-state index is -0.0317. The fraction of sp³-hybridized carbons (Fsp3) is 0.312. The molecule has 0 radical (unpaired) electrons. The molecule has 0 bridgehead atoms. The number of nitrogens with zero attached hydrogens (tertiary/aromatic N) is 1. The van der Waals surface area contributed by atoms with Gasteiger partial charge in [0.1, 0.15) is 12.4 Å². The van der Waals surface area contributed by atoms with Gasteiger partial charge in [-0.2, -0.15) is 0 Å². The summed E-state index contributed by atoms with van der Waals surface area (Å²) in [7, 11) is 0. The maximum atomic E-state index is 6.22. The third kappa shape index (κ3) is 4.18. The maximum absolute atomic E-state index is 6.22. The molecular formula is C16H20N2OS. The van der Waals surface area contributed by atoms with Crippen LogP contribution in [0.3, 0.4) is 0 Å². The van der Waals surface area contributed by atoms with E-state index >= 15 is 0 Å². The molecule has 1 atom stereocenters. The lowest BCUT2D eigenvalue weighted by Gasteiger charge is -2.12. The number of thiazole rings is 1. The zero-order chi connectivity index (χ0) is 14.5. The summed E-state index contributed by atoms with van der Waals surface area (Å²) in [5.41, 5.74) is 8.32. The minimum Gasteiger partial charge on any atom is -0.489 e. The van der Waals surface area contributed by atoms with E-state index < -0.39 is 0 Å². The molecule has 2 aromatic rings. The Balaban J connectivity index is 1.96. The van der Waals surface area contributed by atoms with Gasteiger partial charge in [-0.3, -0.25) is 0 Å². The van der Waals surface area contributed by atoms with Gasteiger partial charge in [-0.15, -0.1) is 11.3 Å². The van der Waals surface area contributed by atoms with Crippen molar-refractivity contribution in [3.8, 4) is 5.75 Å². The van der Waals surface area contributed by atoms with Crippen molar-refractivity contribution in [2.75, 3.05) is 6.61 Å². The molecule has 0 saturated heterocycles. The first-order valence-electron chi connectivity index (χ1n) is 6.58. The van der Waals surface area contributed by atoms with Gasteiger partial charge in [-0.1, -0.05) is 18.7 Å². The molecule has 1 unspecified atom stereocenters. The number of rotatable bonds is 6. The Bertz CT molecular complexity index is 574. The molecule has 2 rings (SSSR count). The van der Waals surface area contributed by atoms with Gasteiger partial charge in [0.25, 0.3) is 0 Å². The minimum absolute atomic E-state index is 0.0317. The standard InChI is InChI=1S/C16H20N2OS/c1-11(2)10-19-14-6-4-13(5-7-14)15(17)8-16-18-9-12(3)20-16/h4-7,9,15H,1,8,10,17H2,2-3H3. The Morgan fingerprint density at radius 3 is 2.65 bits per heavy atom. The second kappa shape index (κ2) is 6.68. The molecule has 0 aliphatic rings. The van der Waals surface area contributed by atoms with Crippen LogP contribution in [0.1, 0.15) is 28.4 Å². The zero-order valence-corrected chi connectivity index (χ0v) is 12.7. The number of nitrogens with two attached hydrogens (primary N) is 1. The zero-order valence-electron chi connectivity index (χ0n) is 11.9. The highest BCUT2D eigenvalue weighted by atomic mass is 32.1. The number of ether oxygens (including phenoxy) is 1. The van der Waals surface area contributed by atoms with Crippen LogP contribution in [0.5, 0.6) is 5.75 Å². The summed E-state index contributed by atoms with van der Waals surface area (Å²) in [6, 6.07) is 7.89. The maximum Gasteiger partial charge on any atom is 0.119 e. The van der Waals surface area contributed by atoms with E-state index in [9.17, 15) is 0 Å². The second-order valence-corrected chi connectivity index (χ2v) is 6.31. The lowest BCUT2D eigenvalue weighted by molar-refractivity contribution is 0.352. The summed E-state index contributed by atoms with van der Waals surface area (Å²) in [5.74, 6) is 0.842. The molecule has 106 valence electrons. The second-order valence-electron chi connectivity index (χ2n) is 4.99. The van der Waals surface area contributed by atoms with Gasteiger partial charge in [0, 0.05) is 23.5 Å². The normalized spacial score (nSPS) is 12.2. The molecule has 0 aliphatic heterocycles. The number of aryl methyl sites for hydroxylation is 1. The van der Waals surface area contributed by atoms with Crippen molar-refractivity contribution < 1.29 is 4.74 Å². The fourth-order valence-corrected chi connectivity index (χ4v) is 2.66. The molecule has 2 N–H and O–H groups in total. The van der Waals surface area contributed by atoms with Crippen LogP contribution < -0.4 is 10.5 Å². The Morgan fingerprint density at radius 1 is 1.40 bits per heavy atom. The first-order valence-corrected chi connectivity index (χ1v) is 7.40. The molecular weight excluding hydrogens is 268 g/mol. The van der Waals surface area contributed by atoms with E-state index in [0.29, 0.717) is 6.61 Å². The van der Waals surface area contributed by atoms with E-state index in [-0.39, 0.29) is 6.04 Å². The Morgan fingerprint density at radius 2 is 2.10 bits per heavy atom. The van der Waals surface area contributed by atoms with Crippen molar-refractivity contribution in [2.24, 2.45) is 5.73 Å². The lowest BCUT2D eigenvalue weighted by atomic mass is 10.1. The van der Waals surface area contributed by atoms with Crippen molar-refractivity contribution in [1.82, 2.24) is 4.98 Å². The number of aromatic nitrogens is 1. The summed E-state index contributed by atoms with van der Waals surface area (Å²) in [5, 5.41) is 1.08. The third-order valence-corrected chi connectivity index (χ3v) is 3.79. The summed E-state index contributed by atoms with van der Waals surface area (Å²) >= 11 is 1.70. The molecule has 0 saturated carbocycles. The third-order valence-electron chi connectivity index (χ3n) is 2.86. The average molecular weight is 288 g/mol. The topological polar surface area (TPSA) is 48.1 Å². The Hall–Kier alpha value is -1.65. The van der Waals surface area contributed by atoms with Gasteiger partial charge in [0.05, 0.1) is 5.01 Å². The molecule has 1 aromatic heterocycles. The first kappa shape index (κ1) is 14.8. The Kier molecular flexibility index (Phi) is 4.93. The van der Waals surface area contributed by atoms with E-state index in [2.05, 4.69) is 18.5 Å². The van der Waals surface area contributed by atoms with Crippen molar-refractivity contribution in [3.63, 3.8) is 0 Å². The van der Waals surface area contributed by atoms with Crippen molar-refractivity contribution >= 4 is 11.3 Å². The van der Waals surface area contributed by atoms with Gasteiger partial charge in [0.2, 0.25) is 0 Å². The van der Waals surface area contributed by atoms with Crippen LogP contribution in [0, 0.1) is 6.92 Å². The van der Waals surface area contributed by atoms with Gasteiger partial charge < -0.3 is 10.5 Å². The molecule has 0 spiro atoms. The van der Waals surface area contributed by atoms with E-state index in [1.165, 1.54) is 4.88 Å². The van der Waals surface area contributed by atoms with Crippen LogP contribution in [0.2, 0.25) is 0 Å². The van der Waals surface area contributed by atoms with Gasteiger partial charge >= 0.3 is 0 Å². The quantitative estimate of drug-likeness (QED) is 0.825. The van der Waals surface area contributed by atoms with E-state index in [1.54, 1.807) is 11.3 Å². The highest BCUT2D eigenvalue weighted by Gasteiger charge is 2.09. The molecule has 3 nitrogen and oxygen atoms in total. The van der Waals surface area contributed by atoms with E-state index in [0.717, 1.165) is 28.3 Å². The van der Waals surface area contributed by atoms with Crippen LogP contribution in [0.4, 0.5) is 0 Å². The number of benzene rings is 1. The van der Waals surface area contributed by atoms with Gasteiger partial charge in [-0.05, 0) is 37.1 Å². The van der Waals surface area contributed by atoms with Gasteiger partial charge in [0.15, 0.2) is 0 Å². The van der Waals surface area contributed by atoms with Crippen LogP contribution in [-0.4, -0.2) is 11.6 Å². The SMILES string of the molecule is C=C(C)COc1ccc(C(N)Cc2ncc(C)s2)cc1. The largest absolute Gasteiger partial charge is 0.489 e. The van der Waals surface area contributed by atoms with Crippen molar-refractivity contribution in [2.45, 2.75) is 26.3 Å². The molecule has 0 amide bonds.